The normalized spacial score (nSPS) is 11.6. The third kappa shape index (κ3) is 2.63. The van der Waals surface area contributed by atoms with E-state index in [0.717, 1.165) is 5.39 Å². The summed E-state index contributed by atoms with van der Waals surface area (Å²) in [4.78, 5) is 0. The van der Waals surface area contributed by atoms with Gasteiger partial charge in [0.15, 0.2) is 0 Å². The van der Waals surface area contributed by atoms with Gasteiger partial charge in [0.2, 0.25) is 0 Å². The standard InChI is InChI=1S/C16H14B4O8/c21-17(22)10-6-8-3-1-2-7-4-5-9-12(11(7)8)13(10)15(19(25)26)16(20(27)28)14(9)18(23)24/h1-6,21-28H. The third-order valence-electron chi connectivity index (χ3n) is 5.12. The Labute approximate surface area is 159 Å². The molecule has 0 saturated carbocycles. The minimum Gasteiger partial charge on any atom is -0.423 e. The molecule has 0 unspecified atom stereocenters. The number of hydrogen-bond donors (Lipinski definition) is 8. The van der Waals surface area contributed by atoms with E-state index < -0.39 is 39.4 Å². The molecule has 0 radical (unpaired) electrons. The zero-order chi connectivity index (χ0) is 20.3. The number of rotatable bonds is 4. The Kier molecular flexibility index (Phi) is 4.61. The van der Waals surface area contributed by atoms with E-state index in [1.54, 1.807) is 24.3 Å². The van der Waals surface area contributed by atoms with Crippen LogP contribution in [0.25, 0.3) is 32.3 Å². The maximum atomic E-state index is 10.0. The summed E-state index contributed by atoms with van der Waals surface area (Å²) in [7, 11) is -8.69. The lowest BCUT2D eigenvalue weighted by Gasteiger charge is -2.24. The van der Waals surface area contributed by atoms with Crippen LogP contribution >= 0.6 is 0 Å². The van der Waals surface area contributed by atoms with Gasteiger partial charge in [-0.25, -0.2) is 0 Å². The second-order valence-electron chi connectivity index (χ2n) is 6.64. The minimum atomic E-state index is -2.28. The van der Waals surface area contributed by atoms with Crippen LogP contribution in [0.2, 0.25) is 0 Å². The van der Waals surface area contributed by atoms with Crippen molar-refractivity contribution in [2.45, 2.75) is 0 Å². The van der Waals surface area contributed by atoms with Crippen molar-refractivity contribution in [2.24, 2.45) is 0 Å². The molecule has 0 aromatic heterocycles. The fourth-order valence-electron chi connectivity index (χ4n) is 4.14. The van der Waals surface area contributed by atoms with Crippen LogP contribution in [0, 0.1) is 0 Å². The molecule has 4 rings (SSSR count). The molecule has 0 saturated heterocycles. The van der Waals surface area contributed by atoms with Crippen LogP contribution in [-0.2, 0) is 0 Å². The topological polar surface area (TPSA) is 162 Å². The molecule has 0 heterocycles. The average molecular weight is 378 g/mol. The predicted octanol–water partition coefficient (Wildman–Crippen LogP) is -4.70. The van der Waals surface area contributed by atoms with Crippen LogP contribution in [0.5, 0.6) is 0 Å². The lowest BCUT2D eigenvalue weighted by Crippen LogP contribution is -2.61. The summed E-state index contributed by atoms with van der Waals surface area (Å²) in [6, 6.07) is 9.99. The first-order chi connectivity index (χ1) is 13.2. The Hall–Kier alpha value is -2.14. The summed E-state index contributed by atoms with van der Waals surface area (Å²) in [5.41, 5.74) is -1.34. The second kappa shape index (κ2) is 6.73. The van der Waals surface area contributed by atoms with E-state index in [4.69, 9.17) is 0 Å². The van der Waals surface area contributed by atoms with Crippen molar-refractivity contribution >= 4 is 82.6 Å². The smallest absolute Gasteiger partial charge is 0.423 e. The molecule has 4 aromatic carbocycles. The number of hydrogen-bond acceptors (Lipinski definition) is 8. The van der Waals surface area contributed by atoms with Crippen molar-refractivity contribution in [2.75, 3.05) is 0 Å². The Morgan fingerprint density at radius 2 is 1.11 bits per heavy atom. The van der Waals surface area contributed by atoms with Crippen molar-refractivity contribution < 1.29 is 40.2 Å². The highest BCUT2D eigenvalue weighted by Crippen LogP contribution is 2.32. The molecule has 0 amide bonds. The molecule has 28 heavy (non-hydrogen) atoms. The van der Waals surface area contributed by atoms with Crippen LogP contribution in [0.1, 0.15) is 0 Å². The molecule has 0 fully saturated rings. The van der Waals surface area contributed by atoms with E-state index in [-0.39, 0.29) is 21.7 Å². The molecular formula is C16H14B4O8. The Balaban J connectivity index is 2.44. The largest absolute Gasteiger partial charge is 0.489 e. The molecule has 0 spiro atoms. The van der Waals surface area contributed by atoms with Gasteiger partial charge < -0.3 is 40.2 Å². The van der Waals surface area contributed by atoms with Gasteiger partial charge in [0.1, 0.15) is 0 Å². The van der Waals surface area contributed by atoms with Crippen molar-refractivity contribution in [3.63, 3.8) is 0 Å². The summed E-state index contributed by atoms with van der Waals surface area (Å²) in [6.07, 6.45) is 0. The Bertz CT molecular complexity index is 1190. The molecule has 8 N–H and O–H groups in total. The zero-order valence-corrected chi connectivity index (χ0v) is 14.4. The summed E-state index contributed by atoms with van der Waals surface area (Å²) in [5, 5.41) is 82.0. The molecule has 0 atom stereocenters. The first-order valence-electron chi connectivity index (χ1n) is 8.45. The third-order valence-corrected chi connectivity index (χ3v) is 5.12. The second-order valence-corrected chi connectivity index (χ2v) is 6.64. The van der Waals surface area contributed by atoms with E-state index in [0.29, 0.717) is 16.2 Å². The molecule has 8 nitrogen and oxygen atoms in total. The molecule has 4 aromatic rings. The van der Waals surface area contributed by atoms with E-state index >= 15 is 0 Å². The van der Waals surface area contributed by atoms with Crippen molar-refractivity contribution in [3.05, 3.63) is 36.4 Å². The van der Waals surface area contributed by atoms with E-state index in [1.807, 2.05) is 0 Å². The van der Waals surface area contributed by atoms with Gasteiger partial charge in [-0.15, -0.1) is 0 Å². The summed E-state index contributed by atoms with van der Waals surface area (Å²) >= 11 is 0. The van der Waals surface area contributed by atoms with Gasteiger partial charge in [-0.2, -0.15) is 0 Å². The molecule has 12 heteroatoms. The average Bonchev–Trinajstić information content (AvgIpc) is 2.63. The van der Waals surface area contributed by atoms with Crippen molar-refractivity contribution in [1.82, 2.24) is 0 Å². The van der Waals surface area contributed by atoms with Gasteiger partial charge in [-0.3, -0.25) is 0 Å². The van der Waals surface area contributed by atoms with Gasteiger partial charge in [-0.1, -0.05) is 36.4 Å². The highest BCUT2D eigenvalue weighted by atomic mass is 16.4. The molecule has 138 valence electrons. The number of benzene rings is 4. The monoisotopic (exact) mass is 378 g/mol. The summed E-state index contributed by atoms with van der Waals surface area (Å²) in [6.45, 7) is 0. The van der Waals surface area contributed by atoms with Crippen LogP contribution in [0.15, 0.2) is 36.4 Å². The molecule has 0 aliphatic rings. The van der Waals surface area contributed by atoms with Crippen molar-refractivity contribution in [3.8, 4) is 0 Å². The van der Waals surface area contributed by atoms with E-state index in [1.165, 1.54) is 12.1 Å². The lowest BCUT2D eigenvalue weighted by molar-refractivity contribution is 0.417. The highest BCUT2D eigenvalue weighted by Gasteiger charge is 2.36. The minimum absolute atomic E-state index is 0.00296. The molecule has 0 aliphatic carbocycles. The zero-order valence-electron chi connectivity index (χ0n) is 14.4. The van der Waals surface area contributed by atoms with Gasteiger partial charge in [-0.05, 0) is 54.2 Å². The first kappa shape index (κ1) is 19.2. The summed E-state index contributed by atoms with van der Waals surface area (Å²) < 4.78 is 0. The maximum absolute atomic E-state index is 10.0. The van der Waals surface area contributed by atoms with Crippen LogP contribution < -0.4 is 21.9 Å². The van der Waals surface area contributed by atoms with Gasteiger partial charge in [0, 0.05) is 0 Å². The Morgan fingerprint density at radius 1 is 0.500 bits per heavy atom. The lowest BCUT2D eigenvalue weighted by atomic mass is 9.54. The maximum Gasteiger partial charge on any atom is 0.489 e. The van der Waals surface area contributed by atoms with Gasteiger partial charge >= 0.3 is 28.5 Å². The fourth-order valence-corrected chi connectivity index (χ4v) is 4.14. The predicted molar refractivity (Wildman–Crippen MR) is 109 cm³/mol. The van der Waals surface area contributed by atoms with Crippen LogP contribution in [-0.4, -0.2) is 68.7 Å². The Morgan fingerprint density at radius 3 is 1.68 bits per heavy atom. The van der Waals surface area contributed by atoms with Crippen LogP contribution in [0.4, 0.5) is 0 Å². The van der Waals surface area contributed by atoms with Crippen LogP contribution in [0.3, 0.4) is 0 Å². The van der Waals surface area contributed by atoms with E-state index in [9.17, 15) is 40.2 Å². The quantitative estimate of drug-likeness (QED) is 0.130. The highest BCUT2D eigenvalue weighted by molar-refractivity contribution is 6.83. The van der Waals surface area contributed by atoms with E-state index in [2.05, 4.69) is 0 Å². The first-order valence-corrected chi connectivity index (χ1v) is 8.45. The van der Waals surface area contributed by atoms with Gasteiger partial charge in [0.25, 0.3) is 0 Å². The molecule has 0 bridgehead atoms. The molecular weight excluding hydrogens is 363 g/mol. The van der Waals surface area contributed by atoms with Crippen molar-refractivity contribution in [1.29, 1.82) is 0 Å². The SMILES string of the molecule is OB(O)c1c(B(O)O)c2ccc3cccc4cc(B(O)O)c(c1B(O)O)c2c34. The molecule has 0 aliphatic heterocycles. The summed E-state index contributed by atoms with van der Waals surface area (Å²) in [5.74, 6) is 0. The van der Waals surface area contributed by atoms with Gasteiger partial charge in [0.05, 0.1) is 0 Å². The fraction of sp³-hybridized carbons (Fsp3) is 0.